The van der Waals surface area contributed by atoms with Gasteiger partial charge in [-0.3, -0.25) is 9.79 Å². The highest BCUT2D eigenvalue weighted by atomic mass is 16.5. The van der Waals surface area contributed by atoms with Gasteiger partial charge in [0.15, 0.2) is 5.96 Å². The first-order valence-electron chi connectivity index (χ1n) is 10.4. The predicted molar refractivity (Wildman–Crippen MR) is 121 cm³/mol. The lowest BCUT2D eigenvalue weighted by molar-refractivity contribution is 0.0963. The first-order valence-corrected chi connectivity index (χ1v) is 10.4. The summed E-state index contributed by atoms with van der Waals surface area (Å²) in [5.74, 6) is 0.690. The molecule has 0 radical (unpaired) electrons. The molecular formula is C23H31N5O2. The normalized spacial score (nSPS) is 14.3. The summed E-state index contributed by atoms with van der Waals surface area (Å²) in [7, 11) is 3.42. The summed E-state index contributed by atoms with van der Waals surface area (Å²) < 4.78 is 5.48. The van der Waals surface area contributed by atoms with Gasteiger partial charge in [0, 0.05) is 51.5 Å². The van der Waals surface area contributed by atoms with Gasteiger partial charge in [0.2, 0.25) is 0 Å². The molecule has 2 aromatic carbocycles. The number of amides is 1. The first-order chi connectivity index (χ1) is 14.7. The Labute approximate surface area is 178 Å². The number of nitrogens with zero attached hydrogens (tertiary/aromatic N) is 2. The van der Waals surface area contributed by atoms with E-state index in [1.165, 1.54) is 11.3 Å². The number of nitrogens with one attached hydrogen (secondary N) is 3. The van der Waals surface area contributed by atoms with E-state index in [1.807, 2.05) is 24.3 Å². The largest absolute Gasteiger partial charge is 0.378 e. The third-order valence-corrected chi connectivity index (χ3v) is 5.14. The maximum Gasteiger partial charge on any atom is 0.251 e. The Morgan fingerprint density at radius 1 is 1.10 bits per heavy atom. The van der Waals surface area contributed by atoms with E-state index in [0.29, 0.717) is 12.1 Å². The minimum atomic E-state index is -0.0683. The van der Waals surface area contributed by atoms with E-state index in [-0.39, 0.29) is 5.91 Å². The Morgan fingerprint density at radius 3 is 2.67 bits per heavy atom. The molecule has 1 heterocycles. The number of hydrogen-bond donors (Lipinski definition) is 3. The molecule has 0 aliphatic carbocycles. The van der Waals surface area contributed by atoms with Gasteiger partial charge < -0.3 is 25.6 Å². The van der Waals surface area contributed by atoms with Crippen LogP contribution in [0.25, 0.3) is 0 Å². The highest BCUT2D eigenvalue weighted by Gasteiger charge is 2.14. The fraction of sp³-hybridized carbons (Fsp3) is 0.391. The summed E-state index contributed by atoms with van der Waals surface area (Å²) in [6, 6.07) is 16.1. The van der Waals surface area contributed by atoms with Crippen LogP contribution in [0.15, 0.2) is 53.5 Å². The summed E-state index contributed by atoms with van der Waals surface area (Å²) in [6.45, 7) is 4.79. The van der Waals surface area contributed by atoms with E-state index in [4.69, 9.17) is 4.74 Å². The van der Waals surface area contributed by atoms with Crippen molar-refractivity contribution in [1.82, 2.24) is 16.0 Å². The van der Waals surface area contributed by atoms with E-state index in [0.717, 1.165) is 50.8 Å². The molecule has 3 N–H and O–H groups in total. The summed E-state index contributed by atoms with van der Waals surface area (Å²) in [5, 5.41) is 9.42. The maximum atomic E-state index is 11.8. The van der Waals surface area contributed by atoms with Crippen LogP contribution in [0.2, 0.25) is 0 Å². The van der Waals surface area contributed by atoms with Crippen molar-refractivity contribution in [2.24, 2.45) is 4.99 Å². The molecule has 2 aromatic rings. The van der Waals surface area contributed by atoms with Crippen molar-refractivity contribution in [2.45, 2.75) is 13.0 Å². The average molecular weight is 410 g/mol. The zero-order chi connectivity index (χ0) is 21.2. The third-order valence-electron chi connectivity index (χ3n) is 5.14. The lowest BCUT2D eigenvalue weighted by Crippen LogP contribution is -2.39. The second kappa shape index (κ2) is 11.2. The molecule has 7 nitrogen and oxygen atoms in total. The topological polar surface area (TPSA) is 78.0 Å². The SMILES string of the molecule is CN=C(NCCc1cccc(C(=O)NC)c1)NCc1ccccc1N1CCOCC1. The molecule has 160 valence electrons. The van der Waals surface area contributed by atoms with Gasteiger partial charge in [-0.15, -0.1) is 0 Å². The van der Waals surface area contributed by atoms with Crippen molar-refractivity contribution >= 4 is 17.6 Å². The molecule has 0 saturated carbocycles. The van der Waals surface area contributed by atoms with Crippen LogP contribution in [0.5, 0.6) is 0 Å². The van der Waals surface area contributed by atoms with E-state index in [2.05, 4.69) is 50.1 Å². The maximum absolute atomic E-state index is 11.8. The van der Waals surface area contributed by atoms with Crippen LogP contribution in [0.3, 0.4) is 0 Å². The molecule has 1 aliphatic heterocycles. The standard InChI is InChI=1S/C23H31N5O2/c1-24-22(29)19-8-5-6-18(16-19)10-11-26-23(25-2)27-17-20-7-3-4-9-21(20)28-12-14-30-15-13-28/h3-9,16H,10-15,17H2,1-2H3,(H,24,29)(H2,25,26,27). The minimum absolute atomic E-state index is 0.0683. The second-order valence-corrected chi connectivity index (χ2v) is 7.11. The number of hydrogen-bond acceptors (Lipinski definition) is 4. The smallest absolute Gasteiger partial charge is 0.251 e. The van der Waals surface area contributed by atoms with Gasteiger partial charge in [-0.2, -0.15) is 0 Å². The zero-order valence-electron chi connectivity index (χ0n) is 17.8. The molecule has 7 heteroatoms. The molecule has 1 fully saturated rings. The van der Waals surface area contributed by atoms with Gasteiger partial charge in [0.25, 0.3) is 5.91 Å². The van der Waals surface area contributed by atoms with Crippen LogP contribution in [0.4, 0.5) is 5.69 Å². The Bertz CT molecular complexity index is 862. The fourth-order valence-electron chi connectivity index (χ4n) is 3.51. The number of carbonyl (C=O) groups is 1. The molecule has 0 bridgehead atoms. The molecule has 1 aliphatic rings. The van der Waals surface area contributed by atoms with Crippen LogP contribution >= 0.6 is 0 Å². The van der Waals surface area contributed by atoms with Crippen molar-refractivity contribution in [2.75, 3.05) is 51.8 Å². The molecule has 1 amide bonds. The quantitative estimate of drug-likeness (QED) is 0.480. The number of anilines is 1. The predicted octanol–water partition coefficient (Wildman–Crippen LogP) is 1.79. The van der Waals surface area contributed by atoms with Crippen molar-refractivity contribution < 1.29 is 9.53 Å². The molecule has 0 aromatic heterocycles. The second-order valence-electron chi connectivity index (χ2n) is 7.11. The number of aliphatic imine (C=N–C) groups is 1. The third kappa shape index (κ3) is 5.97. The molecular weight excluding hydrogens is 378 g/mol. The number of guanidine groups is 1. The van der Waals surface area contributed by atoms with Gasteiger partial charge in [-0.05, 0) is 35.7 Å². The minimum Gasteiger partial charge on any atom is -0.378 e. The Balaban J connectivity index is 1.52. The Kier molecular flexibility index (Phi) is 8.09. The molecule has 0 unspecified atom stereocenters. The summed E-state index contributed by atoms with van der Waals surface area (Å²) in [4.78, 5) is 18.5. The molecule has 30 heavy (non-hydrogen) atoms. The van der Waals surface area contributed by atoms with Gasteiger partial charge in [-0.25, -0.2) is 0 Å². The van der Waals surface area contributed by atoms with Crippen LogP contribution < -0.4 is 20.9 Å². The van der Waals surface area contributed by atoms with E-state index >= 15 is 0 Å². The van der Waals surface area contributed by atoms with Crippen LogP contribution in [0, 0.1) is 0 Å². The number of benzene rings is 2. The lowest BCUT2D eigenvalue weighted by Gasteiger charge is -2.30. The summed E-state index contributed by atoms with van der Waals surface area (Å²) >= 11 is 0. The molecule has 0 spiro atoms. The van der Waals surface area contributed by atoms with Crippen molar-refractivity contribution in [1.29, 1.82) is 0 Å². The molecule has 0 atom stereocenters. The van der Waals surface area contributed by atoms with Crippen molar-refractivity contribution in [3.63, 3.8) is 0 Å². The van der Waals surface area contributed by atoms with Gasteiger partial charge in [0.1, 0.15) is 0 Å². The zero-order valence-corrected chi connectivity index (χ0v) is 17.8. The number of rotatable bonds is 7. The molecule has 3 rings (SSSR count). The van der Waals surface area contributed by atoms with Crippen LogP contribution in [0.1, 0.15) is 21.5 Å². The Hall–Kier alpha value is -3.06. The van der Waals surface area contributed by atoms with Crippen LogP contribution in [-0.4, -0.2) is 58.8 Å². The number of morpholine rings is 1. The monoisotopic (exact) mass is 409 g/mol. The highest BCUT2D eigenvalue weighted by Crippen LogP contribution is 2.21. The molecule has 1 saturated heterocycles. The highest BCUT2D eigenvalue weighted by molar-refractivity contribution is 5.94. The average Bonchev–Trinajstić information content (AvgIpc) is 2.81. The van der Waals surface area contributed by atoms with Crippen molar-refractivity contribution in [3.8, 4) is 0 Å². The van der Waals surface area contributed by atoms with E-state index in [1.54, 1.807) is 14.1 Å². The van der Waals surface area contributed by atoms with E-state index < -0.39 is 0 Å². The number of carbonyl (C=O) groups excluding carboxylic acids is 1. The Morgan fingerprint density at radius 2 is 1.90 bits per heavy atom. The van der Waals surface area contributed by atoms with E-state index in [9.17, 15) is 4.79 Å². The lowest BCUT2D eigenvalue weighted by atomic mass is 10.1. The number of ether oxygens (including phenoxy) is 1. The van der Waals surface area contributed by atoms with Crippen LogP contribution in [-0.2, 0) is 17.7 Å². The van der Waals surface area contributed by atoms with Crippen molar-refractivity contribution in [3.05, 3.63) is 65.2 Å². The number of para-hydroxylation sites is 1. The van der Waals surface area contributed by atoms with Gasteiger partial charge in [0.05, 0.1) is 13.2 Å². The first kappa shape index (κ1) is 21.6. The van der Waals surface area contributed by atoms with Gasteiger partial charge >= 0.3 is 0 Å². The van der Waals surface area contributed by atoms with Gasteiger partial charge in [-0.1, -0.05) is 30.3 Å². The fourth-order valence-corrected chi connectivity index (χ4v) is 3.51. The summed E-state index contributed by atoms with van der Waals surface area (Å²) in [5.41, 5.74) is 4.27. The summed E-state index contributed by atoms with van der Waals surface area (Å²) in [6.07, 6.45) is 0.801.